The first kappa shape index (κ1) is 12.3. The van der Waals surface area contributed by atoms with E-state index in [1.807, 2.05) is 12.4 Å². The molecule has 1 rings (SSSR count). The average Bonchev–Trinajstić information content (AvgIpc) is 2.25. The fourth-order valence-corrected chi connectivity index (χ4v) is 1.83. The van der Waals surface area contributed by atoms with E-state index in [1.54, 1.807) is 0 Å². The minimum Gasteiger partial charge on any atom is -0.381 e. The van der Waals surface area contributed by atoms with Crippen LogP contribution in [-0.4, -0.2) is 31.2 Å². The van der Waals surface area contributed by atoms with Crippen LogP contribution in [0.15, 0.2) is 4.99 Å². The molecule has 84 valence electrons. The van der Waals surface area contributed by atoms with Crippen molar-refractivity contribution in [3.63, 3.8) is 0 Å². The van der Waals surface area contributed by atoms with E-state index < -0.39 is 0 Å². The highest BCUT2D eigenvalue weighted by Gasteiger charge is 2.26. The zero-order valence-corrected chi connectivity index (χ0v) is 10.1. The molecule has 0 radical (unpaired) electrons. The first-order valence-electron chi connectivity index (χ1n) is 5.01. The predicted octanol–water partition coefficient (Wildman–Crippen LogP) is 1.59. The second kappa shape index (κ2) is 5.99. The number of nitrogens with zero attached hydrogens (tertiary/aromatic N) is 2. The fourth-order valence-electron chi connectivity index (χ4n) is 1.49. The van der Waals surface area contributed by atoms with Crippen molar-refractivity contribution < 1.29 is 4.74 Å². The van der Waals surface area contributed by atoms with Gasteiger partial charge in [0.2, 0.25) is 0 Å². The molecule has 0 aromatic rings. The zero-order chi connectivity index (χ0) is 11.1. The summed E-state index contributed by atoms with van der Waals surface area (Å²) in [5.41, 5.74) is 0.233. The van der Waals surface area contributed by atoms with Crippen LogP contribution >= 0.6 is 11.8 Å². The van der Waals surface area contributed by atoms with E-state index in [-0.39, 0.29) is 5.41 Å². The van der Waals surface area contributed by atoms with Crippen LogP contribution in [0.2, 0.25) is 0 Å². The van der Waals surface area contributed by atoms with E-state index in [0.717, 1.165) is 32.6 Å². The van der Waals surface area contributed by atoms with Gasteiger partial charge in [-0.15, -0.1) is 0 Å². The van der Waals surface area contributed by atoms with Gasteiger partial charge in [-0.3, -0.25) is 10.3 Å². The Labute approximate surface area is 95.1 Å². The maximum Gasteiger partial charge on any atom is 0.183 e. The number of ether oxygens (including phenoxy) is 1. The molecule has 0 bridgehead atoms. The Bertz CT molecular complexity index is 266. The van der Waals surface area contributed by atoms with Gasteiger partial charge in [0, 0.05) is 19.8 Å². The Balaban J connectivity index is 2.48. The Hall–Kier alpha value is -0.730. The number of hydrogen-bond donors (Lipinski definition) is 1. The van der Waals surface area contributed by atoms with Crippen LogP contribution in [0.1, 0.15) is 19.8 Å². The lowest BCUT2D eigenvalue weighted by atomic mass is 9.83. The van der Waals surface area contributed by atoms with Crippen LogP contribution in [0.3, 0.4) is 0 Å². The molecule has 4 nitrogen and oxygen atoms in total. The van der Waals surface area contributed by atoms with E-state index in [1.165, 1.54) is 11.8 Å². The molecule has 1 N–H and O–H groups in total. The Morgan fingerprint density at radius 3 is 2.80 bits per heavy atom. The highest BCUT2D eigenvalue weighted by atomic mass is 32.2. The third-order valence-electron chi connectivity index (χ3n) is 2.66. The Morgan fingerprint density at radius 2 is 2.27 bits per heavy atom. The van der Waals surface area contributed by atoms with Crippen molar-refractivity contribution in [1.29, 1.82) is 5.26 Å². The van der Waals surface area contributed by atoms with Crippen molar-refractivity contribution in [1.82, 2.24) is 5.32 Å². The lowest BCUT2D eigenvalue weighted by Gasteiger charge is -2.31. The summed E-state index contributed by atoms with van der Waals surface area (Å²) in [7, 11) is 0. The minimum absolute atomic E-state index is 0.233. The summed E-state index contributed by atoms with van der Waals surface area (Å²) < 4.78 is 5.32. The largest absolute Gasteiger partial charge is 0.381 e. The number of thioether (sulfide) groups is 1. The van der Waals surface area contributed by atoms with Gasteiger partial charge in [-0.25, -0.2) is 0 Å². The molecular formula is C10H17N3OS. The Kier molecular flexibility index (Phi) is 4.92. The van der Waals surface area contributed by atoms with E-state index in [2.05, 4.69) is 17.2 Å². The first-order valence-corrected chi connectivity index (χ1v) is 6.24. The minimum atomic E-state index is 0.233. The van der Waals surface area contributed by atoms with Gasteiger partial charge in [-0.1, -0.05) is 18.7 Å². The number of nitriles is 1. The summed E-state index contributed by atoms with van der Waals surface area (Å²) in [4.78, 5) is 4.42. The van der Waals surface area contributed by atoms with Gasteiger partial charge in [0.15, 0.2) is 11.4 Å². The van der Waals surface area contributed by atoms with E-state index in [0.29, 0.717) is 5.17 Å². The SMILES string of the molecule is CSC(=NCC1(C)CCOCC1)NC#N. The summed E-state index contributed by atoms with van der Waals surface area (Å²) in [5, 5.41) is 11.8. The van der Waals surface area contributed by atoms with Crippen molar-refractivity contribution >= 4 is 16.9 Å². The van der Waals surface area contributed by atoms with Gasteiger partial charge in [0.05, 0.1) is 0 Å². The average molecular weight is 227 g/mol. The normalized spacial score (nSPS) is 20.7. The smallest absolute Gasteiger partial charge is 0.183 e. The monoisotopic (exact) mass is 227 g/mol. The molecule has 0 aromatic carbocycles. The van der Waals surface area contributed by atoms with Crippen molar-refractivity contribution in [2.75, 3.05) is 26.0 Å². The molecule has 0 unspecified atom stereocenters. The second-order valence-electron chi connectivity index (χ2n) is 3.99. The molecule has 1 aliphatic rings. The topological polar surface area (TPSA) is 57.4 Å². The summed E-state index contributed by atoms with van der Waals surface area (Å²) in [6.45, 7) is 4.64. The molecule has 1 saturated heterocycles. The van der Waals surface area contributed by atoms with Crippen molar-refractivity contribution in [2.24, 2.45) is 10.4 Å². The van der Waals surface area contributed by atoms with Gasteiger partial charge >= 0.3 is 0 Å². The molecule has 1 heterocycles. The fraction of sp³-hybridized carbons (Fsp3) is 0.800. The number of rotatable bonds is 2. The highest BCUT2D eigenvalue weighted by Crippen LogP contribution is 2.30. The van der Waals surface area contributed by atoms with Gasteiger partial charge in [-0.05, 0) is 24.5 Å². The summed E-state index contributed by atoms with van der Waals surface area (Å²) >= 11 is 1.47. The molecule has 0 spiro atoms. The van der Waals surface area contributed by atoms with Crippen LogP contribution in [-0.2, 0) is 4.74 Å². The molecule has 15 heavy (non-hydrogen) atoms. The molecule has 0 saturated carbocycles. The second-order valence-corrected chi connectivity index (χ2v) is 4.78. The molecule has 0 aliphatic carbocycles. The molecule has 5 heteroatoms. The van der Waals surface area contributed by atoms with Crippen LogP contribution in [0.5, 0.6) is 0 Å². The molecular weight excluding hydrogens is 210 g/mol. The maximum absolute atomic E-state index is 8.49. The van der Waals surface area contributed by atoms with E-state index in [9.17, 15) is 0 Å². The summed E-state index contributed by atoms with van der Waals surface area (Å²) in [6.07, 6.45) is 5.90. The molecule has 1 aliphatic heterocycles. The lowest BCUT2D eigenvalue weighted by Crippen LogP contribution is -2.30. The third-order valence-corrected chi connectivity index (χ3v) is 3.28. The van der Waals surface area contributed by atoms with Crippen molar-refractivity contribution in [2.45, 2.75) is 19.8 Å². The van der Waals surface area contributed by atoms with E-state index in [4.69, 9.17) is 10.00 Å². The van der Waals surface area contributed by atoms with E-state index >= 15 is 0 Å². The Morgan fingerprint density at radius 1 is 1.60 bits per heavy atom. The highest BCUT2D eigenvalue weighted by molar-refractivity contribution is 8.13. The number of nitrogens with one attached hydrogen (secondary N) is 1. The maximum atomic E-state index is 8.49. The van der Waals surface area contributed by atoms with Crippen molar-refractivity contribution in [3.05, 3.63) is 0 Å². The number of amidine groups is 1. The number of aliphatic imine (C=N–C) groups is 1. The standard InChI is InChI=1S/C10H17N3OS/c1-10(3-5-14-6-4-10)7-12-9(15-2)13-8-11/h3-7H2,1-2H3,(H,12,13). The van der Waals surface area contributed by atoms with Gasteiger partial charge < -0.3 is 4.74 Å². The molecule has 0 amide bonds. The third kappa shape index (κ3) is 4.10. The molecule has 0 atom stereocenters. The summed E-state index contributed by atoms with van der Waals surface area (Å²) in [6, 6.07) is 0. The van der Waals surface area contributed by atoms with Crippen LogP contribution in [0.4, 0.5) is 0 Å². The van der Waals surface area contributed by atoms with Crippen LogP contribution < -0.4 is 5.32 Å². The predicted molar refractivity (Wildman–Crippen MR) is 62.7 cm³/mol. The quantitative estimate of drug-likeness (QED) is 0.337. The zero-order valence-electron chi connectivity index (χ0n) is 9.25. The van der Waals surface area contributed by atoms with Gasteiger partial charge in [-0.2, -0.15) is 5.26 Å². The van der Waals surface area contributed by atoms with Crippen LogP contribution in [0.25, 0.3) is 0 Å². The molecule has 0 aromatic heterocycles. The van der Waals surface area contributed by atoms with Crippen molar-refractivity contribution in [3.8, 4) is 6.19 Å². The van der Waals surface area contributed by atoms with Gasteiger partial charge in [0.1, 0.15) is 0 Å². The lowest BCUT2D eigenvalue weighted by molar-refractivity contribution is 0.0283. The summed E-state index contributed by atoms with van der Waals surface area (Å²) in [5.74, 6) is 0. The van der Waals surface area contributed by atoms with Gasteiger partial charge in [0.25, 0.3) is 0 Å². The molecule has 1 fully saturated rings. The van der Waals surface area contributed by atoms with Crippen LogP contribution in [0, 0.1) is 16.9 Å². The first-order chi connectivity index (χ1) is 7.20. The number of hydrogen-bond acceptors (Lipinski definition) is 4.